The maximum atomic E-state index is 5.66. The Kier molecular flexibility index (Phi) is 5.88. The topological polar surface area (TPSA) is 35.0 Å². The second-order valence-corrected chi connectivity index (χ2v) is 4.45. The maximum Gasteiger partial charge on any atom is 0.138 e. The third kappa shape index (κ3) is 4.91. The quantitative estimate of drug-likeness (QED) is 0.626. The molecule has 3 nitrogen and oxygen atoms in total. The Hall–Kier alpha value is -2.05. The number of alkyl halides is 1. The zero-order valence-electron chi connectivity index (χ0n) is 11.1. The Morgan fingerprint density at radius 3 is 3.00 bits per heavy atom. The molecule has 102 valence electrons. The van der Waals surface area contributed by atoms with Gasteiger partial charge < -0.3 is 4.74 Å². The van der Waals surface area contributed by atoms with E-state index in [2.05, 4.69) is 21.8 Å². The van der Waals surface area contributed by atoms with Crippen molar-refractivity contribution >= 4 is 11.6 Å². The van der Waals surface area contributed by atoms with Gasteiger partial charge in [0.1, 0.15) is 5.75 Å². The molecule has 4 heteroatoms. The highest BCUT2D eigenvalue weighted by Crippen LogP contribution is 2.11. The molecule has 0 aliphatic heterocycles. The van der Waals surface area contributed by atoms with Crippen LogP contribution in [0.4, 0.5) is 0 Å². The van der Waals surface area contributed by atoms with Crippen LogP contribution in [0.2, 0.25) is 0 Å². The summed E-state index contributed by atoms with van der Waals surface area (Å²) in [5, 5.41) is 0. The molecule has 0 N–H and O–H groups in total. The first-order valence-electron chi connectivity index (χ1n) is 6.41. The molecule has 2 aromatic heterocycles. The van der Waals surface area contributed by atoms with Crippen LogP contribution in [0.15, 0.2) is 42.9 Å². The van der Waals surface area contributed by atoms with Gasteiger partial charge in [-0.05, 0) is 18.2 Å². The molecule has 20 heavy (non-hydrogen) atoms. The van der Waals surface area contributed by atoms with Crippen LogP contribution in [0.5, 0.6) is 5.75 Å². The van der Waals surface area contributed by atoms with Gasteiger partial charge in [0.2, 0.25) is 0 Å². The first-order chi connectivity index (χ1) is 9.88. The molecule has 0 aliphatic carbocycles. The van der Waals surface area contributed by atoms with E-state index >= 15 is 0 Å². The van der Waals surface area contributed by atoms with E-state index in [0.717, 1.165) is 23.4 Å². The smallest absolute Gasteiger partial charge is 0.138 e. The van der Waals surface area contributed by atoms with Gasteiger partial charge in [-0.15, -0.1) is 11.6 Å². The van der Waals surface area contributed by atoms with Gasteiger partial charge in [-0.2, -0.15) is 0 Å². The second kappa shape index (κ2) is 8.19. The largest absolute Gasteiger partial charge is 0.492 e. The van der Waals surface area contributed by atoms with Crippen LogP contribution in [-0.4, -0.2) is 22.5 Å². The summed E-state index contributed by atoms with van der Waals surface area (Å²) in [4.78, 5) is 8.36. The van der Waals surface area contributed by atoms with Gasteiger partial charge in [-0.1, -0.05) is 17.9 Å². The molecule has 0 aliphatic rings. The second-order valence-electron chi connectivity index (χ2n) is 4.07. The first kappa shape index (κ1) is 14.4. The minimum atomic E-state index is 0.542. The van der Waals surface area contributed by atoms with Crippen molar-refractivity contribution in [2.24, 2.45) is 0 Å². The molecule has 0 spiro atoms. The van der Waals surface area contributed by atoms with Crippen molar-refractivity contribution in [3.63, 3.8) is 0 Å². The minimum Gasteiger partial charge on any atom is -0.492 e. The normalized spacial score (nSPS) is 9.65. The summed E-state index contributed by atoms with van der Waals surface area (Å²) in [5.74, 6) is 7.24. The van der Waals surface area contributed by atoms with Crippen molar-refractivity contribution in [2.75, 3.05) is 12.5 Å². The van der Waals surface area contributed by atoms with Gasteiger partial charge in [0.15, 0.2) is 0 Å². The molecule has 0 bridgehead atoms. The summed E-state index contributed by atoms with van der Waals surface area (Å²) < 4.78 is 5.66. The molecule has 2 heterocycles. The maximum absolute atomic E-state index is 5.66. The summed E-state index contributed by atoms with van der Waals surface area (Å²) in [6.45, 7) is 0.567. The molecule has 0 aromatic carbocycles. The molecule has 0 saturated carbocycles. The highest BCUT2D eigenvalue weighted by molar-refractivity contribution is 6.18. The van der Waals surface area contributed by atoms with Gasteiger partial charge >= 0.3 is 0 Å². The van der Waals surface area contributed by atoms with E-state index < -0.39 is 0 Å². The highest BCUT2D eigenvalue weighted by Gasteiger charge is 1.98. The lowest BCUT2D eigenvalue weighted by Crippen LogP contribution is -2.03. The fourth-order valence-corrected chi connectivity index (χ4v) is 1.69. The standard InChI is InChI=1S/C16H15ClN2O/c17-8-3-1-5-14-11-16(13-18-12-14)20-10-7-15-6-2-4-9-19-15/h2,4,6,9,11-13H,3,7-8,10H2. The van der Waals surface area contributed by atoms with Crippen LogP contribution in [0.25, 0.3) is 0 Å². The molecular formula is C16H15ClN2O. The van der Waals surface area contributed by atoms with Crippen LogP contribution in [0, 0.1) is 11.8 Å². The third-order valence-corrected chi connectivity index (χ3v) is 2.71. The number of halogens is 1. The van der Waals surface area contributed by atoms with Gasteiger partial charge in [0.25, 0.3) is 0 Å². The van der Waals surface area contributed by atoms with Crippen LogP contribution < -0.4 is 4.74 Å². The molecule has 0 fully saturated rings. The SMILES string of the molecule is ClCCC#Cc1cncc(OCCc2ccccn2)c1. The molecule has 2 aromatic rings. The average molecular weight is 287 g/mol. The van der Waals surface area contributed by atoms with Crippen molar-refractivity contribution < 1.29 is 4.74 Å². The zero-order chi connectivity index (χ0) is 14.0. The van der Waals surface area contributed by atoms with Gasteiger partial charge in [0, 0.05) is 42.4 Å². The number of nitrogens with zero attached hydrogens (tertiary/aromatic N) is 2. The zero-order valence-corrected chi connectivity index (χ0v) is 11.8. The molecule has 0 unspecified atom stereocenters. The van der Waals surface area contributed by atoms with E-state index in [0.29, 0.717) is 18.9 Å². The van der Waals surface area contributed by atoms with Crippen LogP contribution in [0.3, 0.4) is 0 Å². The van der Waals surface area contributed by atoms with Crippen molar-refractivity contribution in [1.82, 2.24) is 9.97 Å². The molecule has 0 amide bonds. The van der Waals surface area contributed by atoms with Gasteiger partial charge in [-0.3, -0.25) is 9.97 Å². The van der Waals surface area contributed by atoms with Crippen LogP contribution >= 0.6 is 11.6 Å². The summed E-state index contributed by atoms with van der Waals surface area (Å²) >= 11 is 5.58. The number of pyridine rings is 2. The van der Waals surface area contributed by atoms with Crippen molar-refractivity contribution in [3.05, 3.63) is 54.1 Å². The van der Waals surface area contributed by atoms with Crippen LogP contribution in [0.1, 0.15) is 17.7 Å². The van der Waals surface area contributed by atoms with Gasteiger partial charge in [0.05, 0.1) is 12.8 Å². The summed E-state index contributed by atoms with van der Waals surface area (Å²) in [5.41, 5.74) is 1.85. The summed E-state index contributed by atoms with van der Waals surface area (Å²) in [6, 6.07) is 7.73. The number of ether oxygens (including phenoxy) is 1. The third-order valence-electron chi connectivity index (χ3n) is 2.52. The van der Waals surface area contributed by atoms with E-state index in [1.807, 2.05) is 24.3 Å². The van der Waals surface area contributed by atoms with Crippen molar-refractivity contribution in [3.8, 4) is 17.6 Å². The Morgan fingerprint density at radius 2 is 2.20 bits per heavy atom. The minimum absolute atomic E-state index is 0.542. The number of rotatable bonds is 5. The molecule has 2 rings (SSSR count). The fraction of sp³-hybridized carbons (Fsp3) is 0.250. The van der Waals surface area contributed by atoms with E-state index in [1.54, 1.807) is 18.6 Å². The monoisotopic (exact) mass is 286 g/mol. The van der Waals surface area contributed by atoms with Crippen LogP contribution in [-0.2, 0) is 6.42 Å². The Bertz CT molecular complexity index is 590. The van der Waals surface area contributed by atoms with E-state index in [-0.39, 0.29) is 0 Å². The highest BCUT2D eigenvalue weighted by atomic mass is 35.5. The van der Waals surface area contributed by atoms with E-state index in [4.69, 9.17) is 16.3 Å². The van der Waals surface area contributed by atoms with Gasteiger partial charge in [-0.25, -0.2) is 0 Å². The summed E-state index contributed by atoms with van der Waals surface area (Å²) in [7, 11) is 0. The lowest BCUT2D eigenvalue weighted by molar-refractivity contribution is 0.319. The number of hydrogen-bond acceptors (Lipinski definition) is 3. The Morgan fingerprint density at radius 1 is 1.25 bits per heavy atom. The number of aromatic nitrogens is 2. The average Bonchev–Trinajstić information content (AvgIpc) is 2.49. The van der Waals surface area contributed by atoms with Crippen molar-refractivity contribution in [1.29, 1.82) is 0 Å². The van der Waals surface area contributed by atoms with E-state index in [1.165, 1.54) is 0 Å². The Balaban J connectivity index is 1.87. The first-order valence-corrected chi connectivity index (χ1v) is 6.94. The summed E-state index contributed by atoms with van der Waals surface area (Å²) in [6.07, 6.45) is 6.62. The Labute approximate surface area is 124 Å². The lowest BCUT2D eigenvalue weighted by atomic mass is 10.2. The predicted molar refractivity (Wildman–Crippen MR) is 79.9 cm³/mol. The lowest BCUT2D eigenvalue weighted by Gasteiger charge is -2.05. The molecule has 0 saturated heterocycles. The molecule has 0 atom stereocenters. The predicted octanol–water partition coefficient (Wildman–Crippen LogP) is 3.08. The molecular weight excluding hydrogens is 272 g/mol. The number of hydrogen-bond donors (Lipinski definition) is 0. The fourth-order valence-electron chi connectivity index (χ4n) is 1.60. The van der Waals surface area contributed by atoms with E-state index in [9.17, 15) is 0 Å². The molecule has 0 radical (unpaired) electrons. The van der Waals surface area contributed by atoms with Crippen molar-refractivity contribution in [2.45, 2.75) is 12.8 Å².